The van der Waals surface area contributed by atoms with Gasteiger partial charge in [-0.1, -0.05) is 35.3 Å². The van der Waals surface area contributed by atoms with Gasteiger partial charge in [-0.25, -0.2) is 12.6 Å². The molecule has 0 saturated heterocycles. The van der Waals surface area contributed by atoms with Crippen LogP contribution in [0.15, 0.2) is 30.5 Å². The van der Waals surface area contributed by atoms with Crippen LogP contribution in [0.3, 0.4) is 0 Å². The molecule has 0 amide bonds. The fraction of sp³-hybridized carbons (Fsp3) is 0.278. The van der Waals surface area contributed by atoms with Crippen LogP contribution in [-0.2, 0) is 26.9 Å². The summed E-state index contributed by atoms with van der Waals surface area (Å²) in [4.78, 5) is 3.70. The van der Waals surface area contributed by atoms with Crippen LogP contribution in [-0.4, -0.2) is 32.8 Å². The molecule has 1 fully saturated rings. The van der Waals surface area contributed by atoms with Crippen LogP contribution in [0.1, 0.15) is 36.6 Å². The molecule has 29 heavy (non-hydrogen) atoms. The van der Waals surface area contributed by atoms with Crippen LogP contribution in [0.25, 0.3) is 10.7 Å². The lowest BCUT2D eigenvalue weighted by Crippen LogP contribution is -2.37. The number of pyridine rings is 1. The van der Waals surface area contributed by atoms with E-state index in [1.807, 2.05) is 0 Å². The number of rotatable bonds is 4. The van der Waals surface area contributed by atoms with Crippen molar-refractivity contribution in [3.05, 3.63) is 57.3 Å². The van der Waals surface area contributed by atoms with Crippen molar-refractivity contribution < 1.29 is 22.3 Å². The van der Waals surface area contributed by atoms with Crippen LogP contribution in [0.4, 0.5) is 5.69 Å². The number of sulfone groups is 1. The molecule has 154 valence electrons. The Kier molecular flexibility index (Phi) is 4.94. The number of halogens is 2. The number of nitrogens with zero attached hydrogens (tertiary/aromatic N) is 2. The summed E-state index contributed by atoms with van der Waals surface area (Å²) in [6, 6.07) is 5.93. The number of aromatic nitrogens is 1. The summed E-state index contributed by atoms with van der Waals surface area (Å²) in [6.07, 6.45) is 2.75. The van der Waals surface area contributed by atoms with E-state index >= 15 is 0 Å². The maximum atomic E-state index is 13.0. The lowest BCUT2D eigenvalue weighted by atomic mass is 10.1. The predicted molar refractivity (Wildman–Crippen MR) is 114 cm³/mol. The van der Waals surface area contributed by atoms with E-state index in [0.29, 0.717) is 18.4 Å². The van der Waals surface area contributed by atoms with E-state index in [0.717, 1.165) is 0 Å². The highest BCUT2D eigenvalue weighted by molar-refractivity contribution is 8.00. The molecule has 2 N–H and O–H groups in total. The molecule has 4 rings (SSSR count). The number of hydrogen-bond acceptors (Lipinski definition) is 5. The molecule has 11 heteroatoms. The molecule has 0 spiro atoms. The van der Waals surface area contributed by atoms with Crippen molar-refractivity contribution in [1.82, 2.24) is 4.98 Å². The molecule has 2 heterocycles. The molecule has 1 aromatic carbocycles. The molecular formula is C18H16Cl2N2O5S2. The van der Waals surface area contributed by atoms with Gasteiger partial charge in [-0.3, -0.25) is 13.8 Å². The van der Waals surface area contributed by atoms with Gasteiger partial charge in [-0.05, 0) is 37.5 Å². The standard InChI is InChI=1S/C18H16Cl2N2O5S2/c1-18(6-7-18)22(28(24)25)15-12(19)5-4-11(13(15)20)17-16(23)14-10(3-2-8-21-14)9-29(17,26)27/h2-5,8,23H,6-7,9H2,1H3,(H,24,25). The second-order valence-corrected chi connectivity index (χ2v) is 10.8. The Labute approximate surface area is 180 Å². The Balaban J connectivity index is 1.99. The molecule has 1 unspecified atom stereocenters. The van der Waals surface area contributed by atoms with Gasteiger partial charge in [0.25, 0.3) is 11.3 Å². The molecule has 1 aliphatic carbocycles. The Morgan fingerprint density at radius 2 is 1.93 bits per heavy atom. The quantitative estimate of drug-likeness (QED) is 0.642. The number of benzene rings is 1. The van der Waals surface area contributed by atoms with Crippen molar-refractivity contribution in [2.24, 2.45) is 0 Å². The van der Waals surface area contributed by atoms with Gasteiger partial charge in [0.2, 0.25) is 0 Å². The third-order valence-electron chi connectivity index (χ3n) is 5.12. The largest absolute Gasteiger partial charge is 0.504 e. The molecule has 1 aliphatic heterocycles. The number of aliphatic hydroxyl groups is 1. The van der Waals surface area contributed by atoms with Gasteiger partial charge in [0.15, 0.2) is 15.6 Å². The average molecular weight is 475 g/mol. The molecule has 1 atom stereocenters. The second kappa shape index (κ2) is 6.95. The fourth-order valence-electron chi connectivity index (χ4n) is 3.42. The van der Waals surface area contributed by atoms with E-state index in [-0.39, 0.29) is 37.6 Å². The average Bonchev–Trinajstić information content (AvgIpc) is 3.37. The Morgan fingerprint density at radius 1 is 1.24 bits per heavy atom. The summed E-state index contributed by atoms with van der Waals surface area (Å²) < 4.78 is 49.0. The van der Waals surface area contributed by atoms with Gasteiger partial charge in [0.05, 0.1) is 27.0 Å². The van der Waals surface area contributed by atoms with E-state index in [9.17, 15) is 22.3 Å². The van der Waals surface area contributed by atoms with Crippen LogP contribution in [0.5, 0.6) is 0 Å². The minimum atomic E-state index is -3.95. The zero-order valence-electron chi connectivity index (χ0n) is 15.1. The summed E-state index contributed by atoms with van der Waals surface area (Å²) >= 11 is 10.4. The number of hydrogen-bond donors (Lipinski definition) is 2. The third-order valence-corrected chi connectivity index (χ3v) is 8.47. The molecule has 0 radical (unpaired) electrons. The van der Waals surface area contributed by atoms with Crippen molar-refractivity contribution in [3.8, 4) is 0 Å². The molecule has 0 bridgehead atoms. The first-order chi connectivity index (χ1) is 13.6. The zero-order valence-corrected chi connectivity index (χ0v) is 18.2. The monoisotopic (exact) mass is 474 g/mol. The normalized spacial score (nSPS) is 20.1. The van der Waals surface area contributed by atoms with Gasteiger partial charge in [0.1, 0.15) is 10.6 Å². The lowest BCUT2D eigenvalue weighted by Gasteiger charge is -2.30. The van der Waals surface area contributed by atoms with E-state index in [4.69, 9.17) is 23.2 Å². The first-order valence-electron chi connectivity index (χ1n) is 8.57. The molecular weight excluding hydrogens is 459 g/mol. The van der Waals surface area contributed by atoms with E-state index in [2.05, 4.69) is 4.98 Å². The highest BCUT2D eigenvalue weighted by Crippen LogP contribution is 2.51. The summed E-state index contributed by atoms with van der Waals surface area (Å²) in [7, 11) is -3.95. The van der Waals surface area contributed by atoms with Gasteiger partial charge in [0, 0.05) is 11.8 Å². The van der Waals surface area contributed by atoms with E-state index in [1.54, 1.807) is 19.1 Å². The Bertz CT molecular complexity index is 1190. The number of aliphatic hydroxyl groups excluding tert-OH is 1. The number of fused-ring (bicyclic) bond motifs is 1. The molecule has 1 saturated carbocycles. The van der Waals surface area contributed by atoms with Crippen molar-refractivity contribution in [2.75, 3.05) is 4.31 Å². The predicted octanol–water partition coefficient (Wildman–Crippen LogP) is 4.20. The molecule has 1 aromatic heterocycles. The minimum Gasteiger partial charge on any atom is -0.504 e. The first kappa shape index (κ1) is 20.6. The van der Waals surface area contributed by atoms with Crippen LogP contribution in [0, 0.1) is 0 Å². The maximum absolute atomic E-state index is 13.0. The second-order valence-electron chi connectivity index (χ2n) is 7.23. The summed E-state index contributed by atoms with van der Waals surface area (Å²) in [5.74, 6) is -0.867. The number of anilines is 1. The lowest BCUT2D eigenvalue weighted by molar-refractivity contribution is 0.508. The summed E-state index contributed by atoms with van der Waals surface area (Å²) in [5.41, 5.74) is -0.0422. The highest BCUT2D eigenvalue weighted by atomic mass is 35.5. The van der Waals surface area contributed by atoms with Gasteiger partial charge in [-0.15, -0.1) is 0 Å². The molecule has 7 nitrogen and oxygen atoms in total. The van der Waals surface area contributed by atoms with E-state index in [1.165, 1.54) is 22.6 Å². The third kappa shape index (κ3) is 3.34. The smallest absolute Gasteiger partial charge is 0.262 e. The van der Waals surface area contributed by atoms with Crippen molar-refractivity contribution in [1.29, 1.82) is 0 Å². The summed E-state index contributed by atoms with van der Waals surface area (Å²) in [6.45, 7) is 1.79. The minimum absolute atomic E-state index is 0.000398. The summed E-state index contributed by atoms with van der Waals surface area (Å²) in [5, 5.41) is 10.7. The van der Waals surface area contributed by atoms with Crippen molar-refractivity contribution >= 4 is 60.7 Å². The zero-order chi connectivity index (χ0) is 21.1. The van der Waals surface area contributed by atoms with Gasteiger partial charge < -0.3 is 5.11 Å². The Hall–Kier alpha value is -1.65. The highest BCUT2D eigenvalue weighted by Gasteiger charge is 2.48. The van der Waals surface area contributed by atoms with E-state index < -0.39 is 32.4 Å². The fourth-order valence-corrected chi connectivity index (χ4v) is 6.80. The van der Waals surface area contributed by atoms with Crippen LogP contribution >= 0.6 is 23.2 Å². The van der Waals surface area contributed by atoms with Crippen LogP contribution in [0.2, 0.25) is 10.0 Å². The SMILES string of the molecule is CC1(N(c2c(Cl)ccc(C3=C(O)c4ncccc4CS3(=O)=O)c2Cl)S(=O)O)CC1. The molecule has 2 aliphatic rings. The van der Waals surface area contributed by atoms with Gasteiger partial charge >= 0.3 is 0 Å². The molecule has 2 aromatic rings. The first-order valence-corrected chi connectivity index (χ1v) is 12.0. The van der Waals surface area contributed by atoms with Crippen molar-refractivity contribution in [2.45, 2.75) is 31.1 Å². The topological polar surface area (TPSA) is 108 Å². The van der Waals surface area contributed by atoms with Gasteiger partial charge in [-0.2, -0.15) is 0 Å². The maximum Gasteiger partial charge on any atom is 0.262 e. The van der Waals surface area contributed by atoms with Crippen molar-refractivity contribution in [3.63, 3.8) is 0 Å². The Morgan fingerprint density at radius 3 is 2.55 bits per heavy atom. The van der Waals surface area contributed by atoms with Crippen LogP contribution < -0.4 is 4.31 Å².